The number of ether oxygens (including phenoxy) is 1. The number of hydrazine groups is 1. The minimum atomic E-state index is -0.570. The predicted molar refractivity (Wildman–Crippen MR) is 130 cm³/mol. The summed E-state index contributed by atoms with van der Waals surface area (Å²) in [4.78, 5) is 45.2. The Bertz CT molecular complexity index is 1090. The van der Waals surface area contributed by atoms with Crippen molar-refractivity contribution >= 4 is 45.5 Å². The van der Waals surface area contributed by atoms with Crippen LogP contribution in [0.5, 0.6) is 0 Å². The maximum atomic E-state index is 15.0. The number of Topliss-reactive ketones (excluding diaryl/α,β-unsaturated/α-hetero) is 1. The standard InChI is InChI=1S/C22H28FN7O4S/c1-14(31)25-10-17-13-30(22(33)34-17)15-2-3-19(18(23)8-15)29-6-4-28(5-7-29)12-16(32)9-20-26-11-21(27-24)35-20/h2-3,8,11,17,27H,4-7,9-10,12-13,24H2,1H3,(H,25,31)/t17-/m0/s1. The van der Waals surface area contributed by atoms with Gasteiger partial charge in [0.15, 0.2) is 5.78 Å². The van der Waals surface area contributed by atoms with Crippen molar-refractivity contribution < 1.29 is 23.5 Å². The van der Waals surface area contributed by atoms with Crippen LogP contribution in [0, 0.1) is 5.82 Å². The number of hydrogen-bond acceptors (Lipinski definition) is 10. The van der Waals surface area contributed by atoms with Crippen LogP contribution in [0.4, 0.5) is 25.6 Å². The van der Waals surface area contributed by atoms with Gasteiger partial charge in [0, 0.05) is 33.1 Å². The lowest BCUT2D eigenvalue weighted by Gasteiger charge is -2.36. The fraction of sp³-hybridized carbons (Fsp3) is 0.455. The topological polar surface area (TPSA) is 133 Å². The van der Waals surface area contributed by atoms with Crippen LogP contribution < -0.4 is 26.4 Å². The number of halogens is 1. The van der Waals surface area contributed by atoms with Gasteiger partial charge in [-0.2, -0.15) is 0 Å². The number of nitrogens with one attached hydrogen (secondary N) is 2. The molecule has 0 aliphatic carbocycles. The van der Waals surface area contributed by atoms with Gasteiger partial charge < -0.3 is 20.4 Å². The Kier molecular flexibility index (Phi) is 7.78. The molecule has 2 aliphatic heterocycles. The van der Waals surface area contributed by atoms with Crippen molar-refractivity contribution in [1.29, 1.82) is 0 Å². The Hall–Kier alpha value is -3.29. The van der Waals surface area contributed by atoms with E-state index in [1.165, 1.54) is 29.2 Å². The van der Waals surface area contributed by atoms with Gasteiger partial charge in [-0.1, -0.05) is 11.3 Å². The third-order valence-corrected chi connectivity index (χ3v) is 6.78. The van der Waals surface area contributed by atoms with Crippen molar-refractivity contribution in [3.63, 3.8) is 0 Å². The smallest absolute Gasteiger partial charge is 0.414 e. The summed E-state index contributed by atoms with van der Waals surface area (Å²) in [6, 6.07) is 4.67. The Morgan fingerprint density at radius 3 is 2.71 bits per heavy atom. The molecule has 1 atom stereocenters. The number of amides is 2. The number of nitrogen functional groups attached to an aromatic ring is 1. The highest BCUT2D eigenvalue weighted by Crippen LogP contribution is 2.28. The third-order valence-electron chi connectivity index (χ3n) is 5.85. The van der Waals surface area contributed by atoms with Gasteiger partial charge in [0.1, 0.15) is 21.9 Å². The summed E-state index contributed by atoms with van der Waals surface area (Å²) in [7, 11) is 0. The van der Waals surface area contributed by atoms with Crippen LogP contribution in [0.3, 0.4) is 0 Å². The first-order chi connectivity index (χ1) is 16.8. The second-order valence-corrected chi connectivity index (χ2v) is 9.55. The lowest BCUT2D eigenvalue weighted by molar-refractivity contribution is -0.120. The Balaban J connectivity index is 1.28. The second kappa shape index (κ2) is 11.0. The van der Waals surface area contributed by atoms with E-state index in [0.717, 1.165) is 0 Å². The number of hydrogen-bond donors (Lipinski definition) is 3. The van der Waals surface area contributed by atoms with Crippen LogP contribution in [0.25, 0.3) is 0 Å². The molecule has 35 heavy (non-hydrogen) atoms. The van der Waals surface area contributed by atoms with Gasteiger partial charge in [-0.15, -0.1) is 0 Å². The SMILES string of the molecule is CC(=O)NC[C@H]1CN(c2ccc(N3CCN(CC(=O)Cc4ncc(NN)s4)CC3)c(F)c2)C(=O)O1. The number of carbonyl (C=O) groups is 3. The molecule has 13 heteroatoms. The molecule has 4 N–H and O–H groups in total. The van der Waals surface area contributed by atoms with E-state index in [-0.39, 0.29) is 31.2 Å². The van der Waals surface area contributed by atoms with E-state index >= 15 is 0 Å². The number of piperazine rings is 1. The summed E-state index contributed by atoms with van der Waals surface area (Å²) >= 11 is 1.35. The summed E-state index contributed by atoms with van der Waals surface area (Å²) in [5, 5.41) is 4.04. The van der Waals surface area contributed by atoms with Gasteiger partial charge in [-0.3, -0.25) is 19.4 Å². The summed E-state index contributed by atoms with van der Waals surface area (Å²) in [5.74, 6) is 4.77. The molecule has 11 nitrogen and oxygen atoms in total. The minimum absolute atomic E-state index is 0.0706. The van der Waals surface area contributed by atoms with Crippen LogP contribution in [-0.4, -0.2) is 79.6 Å². The van der Waals surface area contributed by atoms with Gasteiger partial charge >= 0.3 is 6.09 Å². The van der Waals surface area contributed by atoms with Crippen LogP contribution in [0.15, 0.2) is 24.4 Å². The molecule has 2 amide bonds. The zero-order valence-corrected chi connectivity index (χ0v) is 20.1. The molecule has 3 heterocycles. The number of thiazole rings is 1. The van der Waals surface area contributed by atoms with Crippen LogP contribution in [0.1, 0.15) is 11.9 Å². The Morgan fingerprint density at radius 2 is 2.06 bits per heavy atom. The molecule has 4 rings (SSSR count). The van der Waals surface area contributed by atoms with E-state index in [1.807, 2.05) is 4.90 Å². The maximum Gasteiger partial charge on any atom is 0.414 e. The molecule has 0 spiro atoms. The highest BCUT2D eigenvalue weighted by atomic mass is 32.1. The Labute approximate surface area is 206 Å². The normalized spacial score (nSPS) is 18.5. The molecule has 0 bridgehead atoms. The van der Waals surface area contributed by atoms with Crippen LogP contribution in [0.2, 0.25) is 0 Å². The summed E-state index contributed by atoms with van der Waals surface area (Å²) in [6.45, 7) is 4.55. The summed E-state index contributed by atoms with van der Waals surface area (Å²) in [5.41, 5.74) is 3.37. The number of aromatic nitrogens is 1. The third kappa shape index (κ3) is 6.24. The molecular weight excluding hydrogens is 477 g/mol. The average molecular weight is 506 g/mol. The predicted octanol–water partition coefficient (Wildman–Crippen LogP) is 0.963. The summed E-state index contributed by atoms with van der Waals surface area (Å²) in [6.07, 6.45) is 0.801. The molecule has 2 fully saturated rings. The minimum Gasteiger partial charge on any atom is -0.442 e. The quantitative estimate of drug-likeness (QED) is 0.337. The average Bonchev–Trinajstić information content (AvgIpc) is 3.44. The van der Waals surface area contributed by atoms with Crippen molar-refractivity contribution in [2.75, 3.05) is 61.0 Å². The molecule has 0 unspecified atom stereocenters. The molecule has 2 aliphatic rings. The monoisotopic (exact) mass is 505 g/mol. The first-order valence-electron chi connectivity index (χ1n) is 11.2. The van der Waals surface area contributed by atoms with E-state index in [2.05, 4.69) is 20.6 Å². The fourth-order valence-electron chi connectivity index (χ4n) is 4.10. The van der Waals surface area contributed by atoms with E-state index in [1.54, 1.807) is 18.3 Å². The zero-order chi connectivity index (χ0) is 24.9. The van der Waals surface area contributed by atoms with Gasteiger partial charge in [-0.05, 0) is 18.2 Å². The molecule has 2 aromatic rings. The number of anilines is 3. The van der Waals surface area contributed by atoms with Gasteiger partial charge in [0.2, 0.25) is 5.91 Å². The number of nitrogens with two attached hydrogens (primary N) is 1. The van der Waals surface area contributed by atoms with Crippen molar-refractivity contribution in [2.24, 2.45) is 5.84 Å². The number of carbonyl (C=O) groups excluding carboxylic acids is 3. The number of rotatable bonds is 9. The molecule has 188 valence electrons. The maximum absolute atomic E-state index is 15.0. The lowest BCUT2D eigenvalue weighted by atomic mass is 10.2. The van der Waals surface area contributed by atoms with E-state index < -0.39 is 18.0 Å². The first kappa shape index (κ1) is 24.8. The Morgan fingerprint density at radius 1 is 1.29 bits per heavy atom. The number of nitrogens with zero attached hydrogens (tertiary/aromatic N) is 4. The highest BCUT2D eigenvalue weighted by Gasteiger charge is 2.33. The van der Waals surface area contributed by atoms with Crippen molar-refractivity contribution in [2.45, 2.75) is 19.4 Å². The molecule has 1 aromatic heterocycles. The van der Waals surface area contributed by atoms with E-state index in [4.69, 9.17) is 10.6 Å². The fourth-order valence-corrected chi connectivity index (χ4v) is 4.85. The molecule has 1 aromatic carbocycles. The molecule has 0 saturated carbocycles. The second-order valence-electron chi connectivity index (χ2n) is 8.43. The molecule has 2 saturated heterocycles. The van der Waals surface area contributed by atoms with Crippen molar-refractivity contribution in [3.8, 4) is 0 Å². The van der Waals surface area contributed by atoms with E-state index in [0.29, 0.717) is 54.1 Å². The summed E-state index contributed by atoms with van der Waals surface area (Å²) < 4.78 is 20.2. The van der Waals surface area contributed by atoms with Crippen molar-refractivity contribution in [1.82, 2.24) is 15.2 Å². The highest BCUT2D eigenvalue weighted by molar-refractivity contribution is 7.15. The van der Waals surface area contributed by atoms with Gasteiger partial charge in [0.05, 0.1) is 43.6 Å². The first-order valence-corrected chi connectivity index (χ1v) is 12.1. The van der Waals surface area contributed by atoms with Gasteiger partial charge in [-0.25, -0.2) is 20.0 Å². The van der Waals surface area contributed by atoms with Crippen LogP contribution in [-0.2, 0) is 20.7 Å². The van der Waals surface area contributed by atoms with E-state index in [9.17, 15) is 18.8 Å². The molecular formula is C22H28FN7O4S. The number of ketones is 1. The zero-order valence-electron chi connectivity index (χ0n) is 19.3. The van der Waals surface area contributed by atoms with Gasteiger partial charge in [0.25, 0.3) is 0 Å². The lowest BCUT2D eigenvalue weighted by Crippen LogP contribution is -2.48. The number of cyclic esters (lactones) is 1. The number of benzene rings is 1. The van der Waals surface area contributed by atoms with Crippen molar-refractivity contribution in [3.05, 3.63) is 35.2 Å². The largest absolute Gasteiger partial charge is 0.442 e. The van der Waals surface area contributed by atoms with Crippen LogP contribution >= 0.6 is 11.3 Å². The molecule has 0 radical (unpaired) electrons.